The Kier molecular flexibility index (Phi) is 5.01. The van der Waals surface area contributed by atoms with Crippen LogP contribution in [0.15, 0.2) is 71.9 Å². The molecule has 0 radical (unpaired) electrons. The van der Waals surface area contributed by atoms with Crippen LogP contribution < -0.4 is 4.72 Å². The van der Waals surface area contributed by atoms with Gasteiger partial charge in [0.25, 0.3) is 10.0 Å². The minimum Gasteiger partial charge on any atom is -0.306 e. The summed E-state index contributed by atoms with van der Waals surface area (Å²) in [6, 6.07) is 12.7. The number of fused-ring (bicyclic) bond motifs is 1. The van der Waals surface area contributed by atoms with Crippen LogP contribution in [0.3, 0.4) is 0 Å². The highest BCUT2D eigenvalue weighted by atomic mass is 32.2. The van der Waals surface area contributed by atoms with E-state index in [0.717, 1.165) is 29.4 Å². The number of nitrogens with zero attached hydrogens (tertiary/aromatic N) is 2. The van der Waals surface area contributed by atoms with Crippen molar-refractivity contribution in [1.29, 1.82) is 0 Å². The Morgan fingerprint density at radius 1 is 1.00 bits per heavy atom. The molecule has 2 aromatic carbocycles. The highest BCUT2D eigenvalue weighted by Crippen LogP contribution is 2.32. The molecule has 2 aromatic heterocycles. The SMILES string of the molecule is Cc1ccn2cc(-c3ccc(C)c(NS(=O)(=O)c4cccc(C(F)(F)F)c4)c3)nc2c1. The van der Waals surface area contributed by atoms with Crippen LogP contribution in [-0.2, 0) is 16.2 Å². The number of alkyl halides is 3. The van der Waals surface area contributed by atoms with Crippen molar-refractivity contribution < 1.29 is 21.6 Å². The molecule has 1 N–H and O–H groups in total. The van der Waals surface area contributed by atoms with Gasteiger partial charge in [-0.15, -0.1) is 0 Å². The van der Waals surface area contributed by atoms with Gasteiger partial charge in [-0.3, -0.25) is 4.72 Å². The third-order valence-corrected chi connectivity index (χ3v) is 6.23. The van der Waals surface area contributed by atoms with E-state index in [1.165, 1.54) is 0 Å². The molecule has 0 aliphatic carbocycles. The van der Waals surface area contributed by atoms with Crippen LogP contribution in [0.2, 0.25) is 0 Å². The van der Waals surface area contributed by atoms with Gasteiger partial charge >= 0.3 is 6.18 Å². The molecular formula is C22H18F3N3O2S. The van der Waals surface area contributed by atoms with Crippen LogP contribution in [-0.4, -0.2) is 17.8 Å². The molecule has 31 heavy (non-hydrogen) atoms. The van der Waals surface area contributed by atoms with Gasteiger partial charge in [0.05, 0.1) is 21.8 Å². The Hall–Kier alpha value is -3.33. The zero-order chi connectivity index (χ0) is 22.4. The lowest BCUT2D eigenvalue weighted by atomic mass is 10.1. The van der Waals surface area contributed by atoms with Gasteiger partial charge in [0.1, 0.15) is 5.65 Å². The molecule has 4 aromatic rings. The molecule has 5 nitrogen and oxygen atoms in total. The summed E-state index contributed by atoms with van der Waals surface area (Å²) in [5, 5.41) is 0. The lowest BCUT2D eigenvalue weighted by Gasteiger charge is -2.13. The molecule has 0 unspecified atom stereocenters. The molecule has 0 bridgehead atoms. The first kappa shape index (κ1) is 20.9. The third kappa shape index (κ3) is 4.27. The molecule has 9 heteroatoms. The molecule has 4 rings (SSSR count). The van der Waals surface area contributed by atoms with Gasteiger partial charge in [0, 0.05) is 18.0 Å². The summed E-state index contributed by atoms with van der Waals surface area (Å²) in [6.45, 7) is 3.67. The van der Waals surface area contributed by atoms with Crippen molar-refractivity contribution in [1.82, 2.24) is 9.38 Å². The fourth-order valence-corrected chi connectivity index (χ4v) is 4.32. The van der Waals surface area contributed by atoms with Crippen LogP contribution in [0.4, 0.5) is 18.9 Å². The summed E-state index contributed by atoms with van der Waals surface area (Å²) in [5.74, 6) is 0. The quantitative estimate of drug-likeness (QED) is 0.455. The van der Waals surface area contributed by atoms with Crippen LogP contribution >= 0.6 is 0 Å². The van der Waals surface area contributed by atoms with Crippen molar-refractivity contribution in [2.24, 2.45) is 0 Å². The summed E-state index contributed by atoms with van der Waals surface area (Å²) < 4.78 is 68.7. The van der Waals surface area contributed by atoms with E-state index in [9.17, 15) is 21.6 Å². The van der Waals surface area contributed by atoms with Crippen molar-refractivity contribution in [3.63, 3.8) is 0 Å². The normalized spacial score (nSPS) is 12.3. The lowest BCUT2D eigenvalue weighted by Crippen LogP contribution is -2.15. The highest BCUT2D eigenvalue weighted by molar-refractivity contribution is 7.92. The van der Waals surface area contributed by atoms with Crippen molar-refractivity contribution >= 4 is 21.4 Å². The molecule has 2 heterocycles. The zero-order valence-corrected chi connectivity index (χ0v) is 17.4. The molecule has 0 saturated carbocycles. The first-order valence-electron chi connectivity index (χ1n) is 9.29. The van der Waals surface area contributed by atoms with Crippen molar-refractivity contribution in [3.05, 3.63) is 83.7 Å². The molecule has 0 aliphatic heterocycles. The van der Waals surface area contributed by atoms with Crippen LogP contribution in [0, 0.1) is 13.8 Å². The second-order valence-electron chi connectivity index (χ2n) is 7.26. The summed E-state index contributed by atoms with van der Waals surface area (Å²) in [4.78, 5) is 4.11. The maximum atomic E-state index is 13.0. The predicted octanol–water partition coefficient (Wildman–Crippen LogP) is 5.44. The van der Waals surface area contributed by atoms with E-state index in [-0.39, 0.29) is 5.69 Å². The number of anilines is 1. The van der Waals surface area contributed by atoms with Crippen LogP contribution in [0.5, 0.6) is 0 Å². The van der Waals surface area contributed by atoms with Gasteiger partial charge in [-0.05, 0) is 61.4 Å². The van der Waals surface area contributed by atoms with Gasteiger partial charge in [-0.25, -0.2) is 13.4 Å². The number of aromatic nitrogens is 2. The maximum absolute atomic E-state index is 13.0. The maximum Gasteiger partial charge on any atom is 0.416 e. The minimum atomic E-state index is -4.64. The van der Waals surface area contributed by atoms with E-state index in [1.807, 2.05) is 41.9 Å². The van der Waals surface area contributed by atoms with Crippen LogP contribution in [0.1, 0.15) is 16.7 Å². The Bertz CT molecular complexity index is 1390. The number of hydrogen-bond acceptors (Lipinski definition) is 3. The average Bonchev–Trinajstić information content (AvgIpc) is 3.12. The van der Waals surface area contributed by atoms with E-state index in [0.29, 0.717) is 22.9 Å². The second-order valence-corrected chi connectivity index (χ2v) is 8.94. The fraction of sp³-hybridized carbons (Fsp3) is 0.136. The van der Waals surface area contributed by atoms with E-state index < -0.39 is 26.7 Å². The first-order chi connectivity index (χ1) is 14.5. The number of sulfonamides is 1. The van der Waals surface area contributed by atoms with Gasteiger partial charge in [0.15, 0.2) is 0 Å². The van der Waals surface area contributed by atoms with Crippen molar-refractivity contribution in [3.8, 4) is 11.3 Å². The molecule has 0 saturated heterocycles. The lowest BCUT2D eigenvalue weighted by molar-refractivity contribution is -0.137. The number of benzene rings is 2. The number of aryl methyl sites for hydroxylation is 2. The zero-order valence-electron chi connectivity index (χ0n) is 16.6. The fourth-order valence-electron chi connectivity index (χ4n) is 3.16. The second kappa shape index (κ2) is 7.42. The molecule has 0 atom stereocenters. The molecule has 0 spiro atoms. The number of rotatable bonds is 4. The predicted molar refractivity (Wildman–Crippen MR) is 112 cm³/mol. The Morgan fingerprint density at radius 3 is 2.52 bits per heavy atom. The number of imidazole rings is 1. The Balaban J connectivity index is 1.70. The van der Waals surface area contributed by atoms with Gasteiger partial charge in [-0.1, -0.05) is 18.2 Å². The Labute approximate surface area is 177 Å². The summed E-state index contributed by atoms with van der Waals surface area (Å²) in [6.07, 6.45) is -0.931. The van der Waals surface area contributed by atoms with Gasteiger partial charge in [0.2, 0.25) is 0 Å². The smallest absolute Gasteiger partial charge is 0.306 e. The number of halogens is 3. The molecule has 160 valence electrons. The highest BCUT2D eigenvalue weighted by Gasteiger charge is 2.31. The van der Waals surface area contributed by atoms with Crippen LogP contribution in [0.25, 0.3) is 16.9 Å². The number of nitrogens with one attached hydrogen (secondary N) is 1. The van der Waals surface area contributed by atoms with E-state index in [2.05, 4.69) is 9.71 Å². The Morgan fingerprint density at radius 2 is 1.77 bits per heavy atom. The number of pyridine rings is 1. The minimum absolute atomic E-state index is 0.267. The summed E-state index contributed by atoms with van der Waals surface area (Å²) in [5.41, 5.74) is 2.99. The molecule has 0 amide bonds. The average molecular weight is 445 g/mol. The topological polar surface area (TPSA) is 63.5 Å². The number of hydrogen-bond donors (Lipinski definition) is 1. The standard InChI is InChI=1S/C22H18F3N3O2S/c1-14-8-9-28-13-20(26-21(28)10-14)16-7-6-15(2)19(11-16)27-31(29,30)18-5-3-4-17(12-18)22(23,24)25/h3-13,27H,1-2H3. The molecule has 0 fully saturated rings. The first-order valence-corrected chi connectivity index (χ1v) is 10.8. The monoisotopic (exact) mass is 445 g/mol. The van der Waals surface area contributed by atoms with Crippen molar-refractivity contribution in [2.45, 2.75) is 24.9 Å². The third-order valence-electron chi connectivity index (χ3n) is 4.87. The van der Waals surface area contributed by atoms with Gasteiger partial charge < -0.3 is 4.40 Å². The summed E-state index contributed by atoms with van der Waals surface area (Å²) in [7, 11) is -4.22. The summed E-state index contributed by atoms with van der Waals surface area (Å²) >= 11 is 0. The van der Waals surface area contributed by atoms with Crippen molar-refractivity contribution in [2.75, 3.05) is 4.72 Å². The van der Waals surface area contributed by atoms with Gasteiger partial charge in [-0.2, -0.15) is 13.2 Å². The van der Waals surface area contributed by atoms with E-state index in [1.54, 1.807) is 19.1 Å². The largest absolute Gasteiger partial charge is 0.416 e. The molecule has 0 aliphatic rings. The van der Waals surface area contributed by atoms with E-state index in [4.69, 9.17) is 0 Å². The molecular weight excluding hydrogens is 427 g/mol. The van der Waals surface area contributed by atoms with E-state index >= 15 is 0 Å².